The summed E-state index contributed by atoms with van der Waals surface area (Å²) in [6.07, 6.45) is 0. The molecule has 0 unspecified atom stereocenters. The van der Waals surface area contributed by atoms with Crippen molar-refractivity contribution >= 4 is 11.9 Å². The molecule has 0 aliphatic carbocycles. The summed E-state index contributed by atoms with van der Waals surface area (Å²) in [6, 6.07) is 12.9. The molecule has 0 saturated carbocycles. The van der Waals surface area contributed by atoms with Crippen LogP contribution in [0.5, 0.6) is 0 Å². The average Bonchev–Trinajstić information content (AvgIpc) is 2.52. The summed E-state index contributed by atoms with van der Waals surface area (Å²) in [6.45, 7) is 0. The highest BCUT2D eigenvalue weighted by Gasteiger charge is 2.11. The van der Waals surface area contributed by atoms with Crippen molar-refractivity contribution in [2.24, 2.45) is 0 Å². The molecule has 0 fully saturated rings. The lowest BCUT2D eigenvalue weighted by Gasteiger charge is -2.00. The summed E-state index contributed by atoms with van der Waals surface area (Å²) in [5.74, 6) is 8.25. The summed E-state index contributed by atoms with van der Waals surface area (Å²) in [5.41, 5.74) is 0.827. The van der Waals surface area contributed by atoms with Crippen molar-refractivity contribution in [1.29, 1.82) is 0 Å². The van der Waals surface area contributed by atoms with E-state index in [2.05, 4.69) is 23.7 Å². The van der Waals surface area contributed by atoms with Gasteiger partial charge in [-0.25, -0.2) is 9.59 Å². The van der Waals surface area contributed by atoms with Gasteiger partial charge in [0.25, 0.3) is 0 Å². The topological polar surface area (TPSA) is 74.6 Å². The summed E-state index contributed by atoms with van der Waals surface area (Å²) in [4.78, 5) is 22.0. The van der Waals surface area contributed by atoms with E-state index in [1.165, 1.54) is 18.2 Å². The van der Waals surface area contributed by atoms with Crippen LogP contribution in [0.3, 0.4) is 0 Å². The smallest absolute Gasteiger partial charge is 0.336 e. The summed E-state index contributed by atoms with van der Waals surface area (Å²) < 4.78 is 0. The molecule has 0 bridgehead atoms. The molecule has 0 heterocycles. The van der Waals surface area contributed by atoms with Gasteiger partial charge >= 0.3 is 11.9 Å². The lowest BCUT2D eigenvalue weighted by Crippen LogP contribution is -2.03. The van der Waals surface area contributed by atoms with Crippen LogP contribution < -0.4 is 0 Å². The minimum Gasteiger partial charge on any atom is -0.478 e. The molecule has 0 aromatic heterocycles. The fourth-order valence-corrected chi connectivity index (χ4v) is 1.69. The van der Waals surface area contributed by atoms with Crippen molar-refractivity contribution in [1.82, 2.24) is 0 Å². The zero-order valence-electron chi connectivity index (χ0n) is 11.3. The van der Waals surface area contributed by atoms with Crippen LogP contribution in [0.15, 0.2) is 48.5 Å². The first kappa shape index (κ1) is 14.9. The minimum atomic E-state index is -1.17. The number of carboxylic acids is 2. The highest BCUT2D eigenvalue weighted by atomic mass is 16.4. The highest BCUT2D eigenvalue weighted by Crippen LogP contribution is 2.11. The van der Waals surface area contributed by atoms with Crippen LogP contribution in [0.25, 0.3) is 0 Å². The van der Waals surface area contributed by atoms with Crippen molar-refractivity contribution in [2.45, 2.75) is 0 Å². The van der Waals surface area contributed by atoms with Crippen LogP contribution in [0.4, 0.5) is 0 Å². The molecule has 0 aliphatic rings. The maximum absolute atomic E-state index is 11.1. The van der Waals surface area contributed by atoms with Gasteiger partial charge in [0.05, 0.1) is 11.1 Å². The Labute approximate surface area is 127 Å². The molecular weight excluding hydrogens is 280 g/mol. The van der Waals surface area contributed by atoms with Crippen molar-refractivity contribution in [3.63, 3.8) is 0 Å². The minimum absolute atomic E-state index is 0.0229. The second-order valence-electron chi connectivity index (χ2n) is 4.24. The van der Waals surface area contributed by atoms with E-state index in [0.717, 1.165) is 5.56 Å². The fraction of sp³-hybridized carbons (Fsp3) is 0. The number of hydrogen-bond donors (Lipinski definition) is 2. The third-order valence-electron chi connectivity index (χ3n) is 2.74. The molecule has 0 aliphatic heterocycles. The molecule has 4 nitrogen and oxygen atoms in total. The number of aromatic carboxylic acids is 2. The van der Waals surface area contributed by atoms with E-state index in [1.807, 2.05) is 30.3 Å². The molecule has 0 amide bonds. The van der Waals surface area contributed by atoms with Gasteiger partial charge in [-0.05, 0) is 42.2 Å². The van der Waals surface area contributed by atoms with Crippen molar-refractivity contribution in [3.8, 4) is 23.7 Å². The molecule has 106 valence electrons. The van der Waals surface area contributed by atoms with Crippen LogP contribution in [0.2, 0.25) is 0 Å². The molecule has 22 heavy (non-hydrogen) atoms. The van der Waals surface area contributed by atoms with E-state index in [-0.39, 0.29) is 16.7 Å². The van der Waals surface area contributed by atoms with Crippen LogP contribution in [-0.2, 0) is 0 Å². The Bertz CT molecular complexity index is 843. The third kappa shape index (κ3) is 3.75. The van der Waals surface area contributed by atoms with Gasteiger partial charge in [0.2, 0.25) is 0 Å². The molecular formula is C18H10O4. The Kier molecular flexibility index (Phi) is 4.59. The molecule has 0 radical (unpaired) electrons. The number of carboxylic acid groups (broad SMARTS) is 2. The molecule has 2 N–H and O–H groups in total. The summed E-state index contributed by atoms with van der Waals surface area (Å²) in [7, 11) is 0. The second kappa shape index (κ2) is 6.78. The van der Waals surface area contributed by atoms with E-state index >= 15 is 0 Å². The number of carbonyl (C=O) groups is 2. The lowest BCUT2D eigenvalue weighted by atomic mass is 10.0. The van der Waals surface area contributed by atoms with Gasteiger partial charge < -0.3 is 10.2 Å². The van der Waals surface area contributed by atoms with Crippen LogP contribution in [0, 0.1) is 23.7 Å². The standard InChI is InChI=1S/C18H10O4/c19-17(20)15-10-11-16(18(21)22)14(12-15)9-5-4-8-13-6-2-1-3-7-13/h1-3,6-7,10-12H,(H,19,20)(H,21,22). The normalized spacial score (nSPS) is 8.91. The fourth-order valence-electron chi connectivity index (χ4n) is 1.69. The average molecular weight is 290 g/mol. The summed E-state index contributed by atoms with van der Waals surface area (Å²) >= 11 is 0. The Morgan fingerprint density at radius 1 is 0.818 bits per heavy atom. The van der Waals surface area contributed by atoms with Crippen LogP contribution in [-0.4, -0.2) is 22.2 Å². The lowest BCUT2D eigenvalue weighted by molar-refractivity contribution is 0.0681. The molecule has 0 saturated heterocycles. The maximum Gasteiger partial charge on any atom is 0.336 e. The van der Waals surface area contributed by atoms with Gasteiger partial charge in [0, 0.05) is 11.1 Å². The van der Waals surface area contributed by atoms with E-state index in [1.54, 1.807) is 0 Å². The maximum atomic E-state index is 11.1. The molecule has 4 heteroatoms. The molecule has 0 spiro atoms. The molecule has 2 aromatic carbocycles. The van der Waals surface area contributed by atoms with E-state index in [9.17, 15) is 9.59 Å². The SMILES string of the molecule is O=C(O)c1ccc(C(=O)O)c(C#CC#Cc2ccccc2)c1. The molecule has 0 atom stereocenters. The van der Waals surface area contributed by atoms with Crippen molar-refractivity contribution in [3.05, 3.63) is 70.8 Å². The second-order valence-corrected chi connectivity index (χ2v) is 4.24. The van der Waals surface area contributed by atoms with Crippen molar-refractivity contribution < 1.29 is 19.8 Å². The third-order valence-corrected chi connectivity index (χ3v) is 2.74. The first-order chi connectivity index (χ1) is 10.6. The van der Waals surface area contributed by atoms with E-state index in [0.29, 0.717) is 0 Å². The van der Waals surface area contributed by atoms with Gasteiger partial charge in [-0.3, -0.25) is 0 Å². The Balaban J connectivity index is 2.35. The van der Waals surface area contributed by atoms with E-state index < -0.39 is 11.9 Å². The molecule has 2 rings (SSSR count). The quantitative estimate of drug-likeness (QED) is 0.833. The Morgan fingerprint density at radius 3 is 2.14 bits per heavy atom. The first-order valence-electron chi connectivity index (χ1n) is 6.25. The van der Waals surface area contributed by atoms with Gasteiger partial charge in [-0.2, -0.15) is 0 Å². The van der Waals surface area contributed by atoms with Gasteiger partial charge in [0.1, 0.15) is 0 Å². The van der Waals surface area contributed by atoms with Gasteiger partial charge in [-0.15, -0.1) is 0 Å². The van der Waals surface area contributed by atoms with Crippen LogP contribution >= 0.6 is 0 Å². The van der Waals surface area contributed by atoms with Crippen molar-refractivity contribution in [2.75, 3.05) is 0 Å². The summed E-state index contributed by atoms with van der Waals surface area (Å²) in [5, 5.41) is 18.0. The predicted octanol–water partition coefficient (Wildman–Crippen LogP) is 2.49. The number of benzene rings is 2. The van der Waals surface area contributed by atoms with Gasteiger partial charge in [0.15, 0.2) is 0 Å². The van der Waals surface area contributed by atoms with Gasteiger partial charge in [-0.1, -0.05) is 30.0 Å². The number of hydrogen-bond acceptors (Lipinski definition) is 2. The van der Waals surface area contributed by atoms with E-state index in [4.69, 9.17) is 10.2 Å². The zero-order chi connectivity index (χ0) is 15.9. The number of rotatable bonds is 2. The largest absolute Gasteiger partial charge is 0.478 e. The zero-order valence-corrected chi connectivity index (χ0v) is 11.3. The predicted molar refractivity (Wildman–Crippen MR) is 80.6 cm³/mol. The Hall–Kier alpha value is -3.50. The first-order valence-corrected chi connectivity index (χ1v) is 6.25. The molecule has 2 aromatic rings. The Morgan fingerprint density at radius 2 is 1.50 bits per heavy atom. The monoisotopic (exact) mass is 290 g/mol. The highest BCUT2D eigenvalue weighted by molar-refractivity contribution is 5.94. The van der Waals surface area contributed by atoms with Crippen LogP contribution in [0.1, 0.15) is 31.8 Å².